The van der Waals surface area contributed by atoms with Crippen LogP contribution >= 0.6 is 23.2 Å². The highest BCUT2D eigenvalue weighted by molar-refractivity contribution is 7.92. The van der Waals surface area contributed by atoms with Gasteiger partial charge in [0.1, 0.15) is 0 Å². The van der Waals surface area contributed by atoms with E-state index in [1.54, 1.807) is 36.4 Å². The van der Waals surface area contributed by atoms with Crippen LogP contribution in [0.4, 0.5) is 38.9 Å². The monoisotopic (exact) mass is 600 g/mol. The molecule has 4 aromatic rings. The Hall–Kier alpha value is -3.60. The van der Waals surface area contributed by atoms with Gasteiger partial charge in [0, 0.05) is 30.2 Å². The highest BCUT2D eigenvalue weighted by atomic mass is 35.5. The van der Waals surface area contributed by atoms with Crippen LogP contribution in [0.25, 0.3) is 0 Å². The van der Waals surface area contributed by atoms with Crippen LogP contribution in [0.2, 0.25) is 10.0 Å². The summed E-state index contributed by atoms with van der Waals surface area (Å²) in [5.74, 6) is 0.0861. The Morgan fingerprint density at radius 2 is 1.62 bits per heavy atom. The average Bonchev–Trinajstić information content (AvgIpc) is 2.93. The summed E-state index contributed by atoms with van der Waals surface area (Å²) in [5, 5.41) is 6.49. The molecule has 0 radical (unpaired) electrons. The molecule has 3 N–H and O–H groups in total. The Labute approximate surface area is 242 Å². The lowest BCUT2D eigenvalue weighted by molar-refractivity contribution is 0.438. The van der Waals surface area contributed by atoms with Gasteiger partial charge in [-0.25, -0.2) is 17.8 Å². The number of sulfonamides is 1. The first-order valence-electron chi connectivity index (χ1n) is 12.7. The van der Waals surface area contributed by atoms with E-state index in [1.165, 1.54) is 12.1 Å². The van der Waals surface area contributed by atoms with Gasteiger partial charge in [0.15, 0.2) is 11.6 Å². The number of benzene rings is 3. The fourth-order valence-corrected chi connectivity index (χ4v) is 5.67. The quantitative estimate of drug-likeness (QED) is 0.193. The molecule has 1 saturated heterocycles. The largest absolute Gasteiger partial charge is 0.371 e. The molecule has 208 valence electrons. The van der Waals surface area contributed by atoms with Crippen LogP contribution in [0.1, 0.15) is 19.8 Å². The third-order valence-electron chi connectivity index (χ3n) is 6.59. The van der Waals surface area contributed by atoms with Crippen molar-refractivity contribution in [2.75, 3.05) is 33.3 Å². The van der Waals surface area contributed by atoms with E-state index in [1.807, 2.05) is 18.2 Å². The first-order chi connectivity index (χ1) is 19.2. The van der Waals surface area contributed by atoms with Gasteiger partial charge in [0.25, 0.3) is 10.0 Å². The molecule has 0 amide bonds. The van der Waals surface area contributed by atoms with E-state index in [-0.39, 0.29) is 16.7 Å². The zero-order valence-electron chi connectivity index (χ0n) is 21.5. The van der Waals surface area contributed by atoms with Gasteiger partial charge in [-0.2, -0.15) is 4.98 Å². The number of anilines is 6. The average molecular weight is 602 g/mol. The Bertz CT molecular complexity index is 1610. The fraction of sp³-hybridized carbons (Fsp3) is 0.214. The minimum atomic E-state index is -3.82. The molecule has 2 heterocycles. The van der Waals surface area contributed by atoms with E-state index in [9.17, 15) is 12.8 Å². The number of aromatic nitrogens is 2. The first-order valence-corrected chi connectivity index (χ1v) is 14.9. The maximum atomic E-state index is 14.3. The predicted octanol–water partition coefficient (Wildman–Crippen LogP) is 7.45. The zero-order valence-corrected chi connectivity index (χ0v) is 23.9. The number of halogens is 3. The van der Waals surface area contributed by atoms with Crippen molar-refractivity contribution in [1.82, 2.24) is 9.97 Å². The van der Waals surface area contributed by atoms with Crippen molar-refractivity contribution >= 4 is 67.7 Å². The molecule has 0 atom stereocenters. The van der Waals surface area contributed by atoms with Gasteiger partial charge in [0.05, 0.1) is 26.8 Å². The molecule has 1 aromatic heterocycles. The van der Waals surface area contributed by atoms with Crippen molar-refractivity contribution in [3.63, 3.8) is 0 Å². The molecule has 0 bridgehead atoms. The molecule has 0 aliphatic carbocycles. The lowest BCUT2D eigenvalue weighted by Gasteiger charge is -2.32. The molecular weight excluding hydrogens is 574 g/mol. The minimum Gasteiger partial charge on any atom is -0.371 e. The summed E-state index contributed by atoms with van der Waals surface area (Å²) >= 11 is 12.0. The van der Waals surface area contributed by atoms with Crippen LogP contribution in [0.15, 0.2) is 77.8 Å². The van der Waals surface area contributed by atoms with E-state index in [0.29, 0.717) is 33.0 Å². The van der Waals surface area contributed by atoms with Gasteiger partial charge >= 0.3 is 0 Å². The summed E-state index contributed by atoms with van der Waals surface area (Å²) in [7, 11) is -3.82. The highest BCUT2D eigenvalue weighted by Gasteiger charge is 2.18. The third-order valence-corrected chi connectivity index (χ3v) is 8.73. The van der Waals surface area contributed by atoms with Gasteiger partial charge in [-0.3, -0.25) is 4.72 Å². The zero-order chi connectivity index (χ0) is 28.3. The van der Waals surface area contributed by atoms with Crippen molar-refractivity contribution in [1.29, 1.82) is 0 Å². The maximum Gasteiger partial charge on any atom is 0.261 e. The first kappa shape index (κ1) is 27.9. The number of rotatable bonds is 8. The van der Waals surface area contributed by atoms with Gasteiger partial charge in [-0.1, -0.05) is 36.2 Å². The number of nitrogens with one attached hydrogen (secondary N) is 3. The Morgan fingerprint density at radius 3 is 2.35 bits per heavy atom. The summed E-state index contributed by atoms with van der Waals surface area (Å²) in [6.45, 7) is 4.16. The van der Waals surface area contributed by atoms with E-state index < -0.39 is 15.8 Å². The molecule has 0 saturated carbocycles. The van der Waals surface area contributed by atoms with E-state index in [4.69, 9.17) is 23.2 Å². The Kier molecular flexibility index (Phi) is 8.30. The maximum absolute atomic E-state index is 14.3. The summed E-state index contributed by atoms with van der Waals surface area (Å²) in [4.78, 5) is 10.5. The summed E-state index contributed by atoms with van der Waals surface area (Å²) in [5.41, 5.74) is 2.52. The smallest absolute Gasteiger partial charge is 0.261 e. The highest BCUT2D eigenvalue weighted by Crippen LogP contribution is 2.29. The van der Waals surface area contributed by atoms with Gasteiger partial charge in [0.2, 0.25) is 5.95 Å². The van der Waals surface area contributed by atoms with Crippen LogP contribution in [0.3, 0.4) is 0 Å². The summed E-state index contributed by atoms with van der Waals surface area (Å²) < 4.78 is 43.1. The van der Waals surface area contributed by atoms with Crippen LogP contribution in [-0.4, -0.2) is 31.5 Å². The molecule has 0 spiro atoms. The molecule has 12 heteroatoms. The SMILES string of the molecule is CC1CCN(c2cccc(NS(=O)(=O)c3ccc(Nc4ncc(F)c(Nc5ccc(Cl)c(Cl)c5)n4)cc3)c2)CC1. The predicted molar refractivity (Wildman–Crippen MR) is 159 cm³/mol. The number of hydrogen-bond acceptors (Lipinski definition) is 7. The number of hydrogen-bond donors (Lipinski definition) is 3. The molecule has 8 nitrogen and oxygen atoms in total. The second kappa shape index (κ2) is 11.9. The van der Waals surface area contributed by atoms with Crippen molar-refractivity contribution in [3.05, 3.63) is 88.8 Å². The van der Waals surface area contributed by atoms with E-state index >= 15 is 0 Å². The summed E-state index contributed by atoms with van der Waals surface area (Å²) in [6, 6.07) is 18.3. The Balaban J connectivity index is 1.26. The second-order valence-electron chi connectivity index (χ2n) is 9.62. The lowest BCUT2D eigenvalue weighted by atomic mass is 9.99. The lowest BCUT2D eigenvalue weighted by Crippen LogP contribution is -2.32. The molecule has 1 aliphatic heterocycles. The van der Waals surface area contributed by atoms with Crippen molar-refractivity contribution in [3.8, 4) is 0 Å². The normalized spacial score (nSPS) is 14.2. The molecule has 1 aliphatic rings. The van der Waals surface area contributed by atoms with Gasteiger partial charge in [-0.05, 0) is 79.4 Å². The Morgan fingerprint density at radius 1 is 0.900 bits per heavy atom. The third kappa shape index (κ3) is 6.75. The molecule has 0 unspecified atom stereocenters. The van der Waals surface area contributed by atoms with Crippen LogP contribution in [0, 0.1) is 11.7 Å². The minimum absolute atomic E-state index is 0.0689. The molecule has 3 aromatic carbocycles. The summed E-state index contributed by atoms with van der Waals surface area (Å²) in [6.07, 6.45) is 3.26. The van der Waals surface area contributed by atoms with Crippen molar-refractivity contribution in [2.24, 2.45) is 5.92 Å². The van der Waals surface area contributed by atoms with Crippen molar-refractivity contribution < 1.29 is 12.8 Å². The van der Waals surface area contributed by atoms with Crippen molar-refractivity contribution in [2.45, 2.75) is 24.7 Å². The molecular formula is C28H27Cl2FN6O2S. The van der Waals surface area contributed by atoms with Crippen LogP contribution in [-0.2, 0) is 10.0 Å². The molecule has 5 rings (SSSR count). The van der Waals surface area contributed by atoms with E-state index in [0.717, 1.165) is 37.8 Å². The second-order valence-corrected chi connectivity index (χ2v) is 12.1. The van der Waals surface area contributed by atoms with Gasteiger partial charge < -0.3 is 15.5 Å². The fourth-order valence-electron chi connectivity index (χ4n) is 4.32. The number of piperidine rings is 1. The number of nitrogens with zero attached hydrogens (tertiary/aromatic N) is 3. The topological polar surface area (TPSA) is 99.3 Å². The molecule has 40 heavy (non-hydrogen) atoms. The van der Waals surface area contributed by atoms with Crippen LogP contribution < -0.4 is 20.3 Å². The van der Waals surface area contributed by atoms with Gasteiger partial charge in [-0.15, -0.1) is 0 Å². The van der Waals surface area contributed by atoms with E-state index in [2.05, 4.69) is 37.1 Å². The standard InChI is InChI=1S/C28H27Cl2FN6O2S/c1-18-11-13-37(14-12-18)22-4-2-3-21(15-22)36-40(38,39)23-8-5-19(6-9-23)34-28-32-17-26(31)27(35-28)33-20-7-10-24(29)25(30)16-20/h2-10,15-18,36H,11-14H2,1H3,(H2,32,33,34,35). The van der Waals surface area contributed by atoms with Crippen LogP contribution in [0.5, 0.6) is 0 Å². The molecule has 1 fully saturated rings.